The highest BCUT2D eigenvalue weighted by Gasteiger charge is 2.17. The van der Waals surface area contributed by atoms with Gasteiger partial charge in [-0.05, 0) is 65.7 Å². The van der Waals surface area contributed by atoms with E-state index in [9.17, 15) is 10.1 Å². The maximum absolute atomic E-state index is 11.4. The van der Waals surface area contributed by atoms with Gasteiger partial charge in [0.05, 0.1) is 19.1 Å². The Morgan fingerprint density at radius 3 is 1.79 bits per heavy atom. The fourth-order valence-corrected chi connectivity index (χ4v) is 4.91. The van der Waals surface area contributed by atoms with Gasteiger partial charge in [0.15, 0.2) is 5.65 Å². The van der Waals surface area contributed by atoms with Crippen molar-refractivity contribution in [3.05, 3.63) is 150 Å². The second-order valence-electron chi connectivity index (χ2n) is 10.3. The number of hydrogen-bond acceptors (Lipinski definition) is 8. The molecule has 7 aromatic rings. The number of hydrogen-bond donors (Lipinski definition) is 1. The second-order valence-corrected chi connectivity index (χ2v) is 10.3. The number of rotatable bonds is 8. The molecule has 4 aromatic carbocycles. The van der Waals surface area contributed by atoms with Crippen molar-refractivity contribution in [1.29, 1.82) is 0 Å². The van der Waals surface area contributed by atoms with Crippen LogP contribution >= 0.6 is 0 Å². The molecule has 3 aromatic heterocycles. The van der Waals surface area contributed by atoms with Gasteiger partial charge < -0.3 is 14.8 Å². The molecule has 7 rings (SSSR count). The molecule has 0 saturated carbocycles. The summed E-state index contributed by atoms with van der Waals surface area (Å²) in [5, 5.41) is 14.4. The van der Waals surface area contributed by atoms with E-state index >= 15 is 0 Å². The number of pyridine rings is 2. The zero-order chi connectivity index (χ0) is 32.6. The summed E-state index contributed by atoms with van der Waals surface area (Å²) in [5.74, 6) is 1.78. The second kappa shape index (κ2) is 14.0. The van der Waals surface area contributed by atoms with Crippen LogP contribution in [0.1, 0.15) is 0 Å². The van der Waals surface area contributed by atoms with Crippen LogP contribution in [0.5, 0.6) is 11.5 Å². The SMILES string of the molecule is COc1ccc(-c2cnc(Nc3ccccc3)c([N+](=O)[O-])c2)cc1.COc1ccc(-c2cnc3c(c2)ncn3-c2ccccc2)cc1. The Morgan fingerprint density at radius 2 is 1.21 bits per heavy atom. The summed E-state index contributed by atoms with van der Waals surface area (Å²) in [6.45, 7) is 0. The molecule has 0 amide bonds. The Labute approximate surface area is 271 Å². The third kappa shape index (κ3) is 7.07. The van der Waals surface area contributed by atoms with Gasteiger partial charge in [-0.1, -0.05) is 60.7 Å². The molecule has 0 radical (unpaired) electrons. The van der Waals surface area contributed by atoms with Crippen molar-refractivity contribution in [2.24, 2.45) is 0 Å². The van der Waals surface area contributed by atoms with Crippen LogP contribution < -0.4 is 14.8 Å². The molecule has 3 heterocycles. The van der Waals surface area contributed by atoms with Gasteiger partial charge in [0, 0.05) is 41.0 Å². The maximum Gasteiger partial charge on any atom is 0.312 e. The highest BCUT2D eigenvalue weighted by atomic mass is 16.6. The molecule has 0 atom stereocenters. The summed E-state index contributed by atoms with van der Waals surface area (Å²) in [5.41, 5.74) is 7.08. The highest BCUT2D eigenvalue weighted by molar-refractivity contribution is 5.79. The van der Waals surface area contributed by atoms with Crippen molar-refractivity contribution in [3.8, 4) is 39.4 Å². The minimum absolute atomic E-state index is 0.0767. The normalized spacial score (nSPS) is 10.5. The van der Waals surface area contributed by atoms with Crippen LogP contribution in [0.3, 0.4) is 0 Å². The number of nitrogens with zero attached hydrogens (tertiary/aromatic N) is 5. The lowest BCUT2D eigenvalue weighted by Gasteiger charge is -2.08. The van der Waals surface area contributed by atoms with Gasteiger partial charge in [0.25, 0.3) is 0 Å². The first-order valence-electron chi connectivity index (χ1n) is 14.7. The van der Waals surface area contributed by atoms with Gasteiger partial charge in [-0.3, -0.25) is 14.7 Å². The first-order valence-corrected chi connectivity index (χ1v) is 14.7. The first kappa shape index (κ1) is 30.5. The highest BCUT2D eigenvalue weighted by Crippen LogP contribution is 2.31. The zero-order valence-corrected chi connectivity index (χ0v) is 25.6. The Bertz CT molecular complexity index is 2100. The molecule has 0 spiro atoms. The van der Waals surface area contributed by atoms with Gasteiger partial charge in [0.1, 0.15) is 23.3 Å². The quantitative estimate of drug-likeness (QED) is 0.132. The standard InChI is InChI=1S/C19H15N3O.C18H15N3O3/c1-23-17-9-7-14(8-10-17)15-11-18-19(20-12-15)22(13-21-18)16-5-3-2-4-6-16;1-24-16-9-7-13(8-10-16)14-11-17(21(22)23)18(19-12-14)20-15-5-3-2-4-6-15/h2-13H,1H3;2-12H,1H3,(H,19,20). The van der Waals surface area contributed by atoms with E-state index in [2.05, 4.69) is 26.3 Å². The van der Waals surface area contributed by atoms with E-state index in [1.807, 2.05) is 114 Å². The van der Waals surface area contributed by atoms with E-state index in [1.54, 1.807) is 32.5 Å². The zero-order valence-electron chi connectivity index (χ0n) is 25.6. The number of nitrogens with one attached hydrogen (secondary N) is 1. The van der Waals surface area contributed by atoms with Crippen LogP contribution in [0.4, 0.5) is 17.2 Å². The van der Waals surface area contributed by atoms with Crippen LogP contribution in [-0.2, 0) is 0 Å². The summed E-state index contributed by atoms with van der Waals surface area (Å²) in [7, 11) is 3.25. The Morgan fingerprint density at radius 1 is 0.660 bits per heavy atom. The summed E-state index contributed by atoms with van der Waals surface area (Å²) >= 11 is 0. The van der Waals surface area contributed by atoms with Crippen LogP contribution in [0.15, 0.2) is 140 Å². The summed E-state index contributed by atoms with van der Waals surface area (Å²) in [4.78, 5) is 24.3. The average Bonchev–Trinajstić information content (AvgIpc) is 3.56. The van der Waals surface area contributed by atoms with Crippen molar-refractivity contribution < 1.29 is 14.4 Å². The van der Waals surface area contributed by atoms with Crippen molar-refractivity contribution >= 4 is 28.4 Å². The molecule has 232 valence electrons. The largest absolute Gasteiger partial charge is 0.497 e. The number of fused-ring (bicyclic) bond motifs is 1. The third-order valence-electron chi connectivity index (χ3n) is 7.37. The topological polar surface area (TPSA) is 117 Å². The van der Waals surface area contributed by atoms with Gasteiger partial charge in [-0.25, -0.2) is 15.0 Å². The molecule has 0 aliphatic carbocycles. The predicted octanol–water partition coefficient (Wildman–Crippen LogP) is 8.51. The molecule has 0 unspecified atom stereocenters. The smallest absolute Gasteiger partial charge is 0.312 e. The van der Waals surface area contributed by atoms with Crippen molar-refractivity contribution in [2.45, 2.75) is 0 Å². The molecule has 47 heavy (non-hydrogen) atoms. The molecule has 10 heteroatoms. The van der Waals surface area contributed by atoms with E-state index in [0.717, 1.165) is 50.7 Å². The lowest BCUT2D eigenvalue weighted by atomic mass is 10.1. The molecular formula is C37H30N6O4. The van der Waals surface area contributed by atoms with Gasteiger partial charge >= 0.3 is 5.69 Å². The van der Waals surface area contributed by atoms with Crippen LogP contribution in [-0.4, -0.2) is 38.7 Å². The summed E-state index contributed by atoms with van der Waals surface area (Å²) < 4.78 is 12.3. The molecule has 0 bridgehead atoms. The number of benzene rings is 4. The Kier molecular flexibility index (Phi) is 9.10. The van der Waals surface area contributed by atoms with Crippen molar-refractivity contribution in [2.75, 3.05) is 19.5 Å². The number of nitro groups is 1. The van der Waals surface area contributed by atoms with Crippen molar-refractivity contribution in [1.82, 2.24) is 19.5 Å². The van der Waals surface area contributed by atoms with E-state index < -0.39 is 4.92 Å². The summed E-state index contributed by atoms with van der Waals surface area (Å²) in [6.07, 6.45) is 5.30. The molecule has 10 nitrogen and oxygen atoms in total. The molecule has 0 aliphatic rings. The first-order chi connectivity index (χ1) is 23.0. The molecule has 0 fully saturated rings. The Hall–Kier alpha value is -6.55. The number of ether oxygens (including phenoxy) is 2. The molecule has 1 N–H and O–H groups in total. The third-order valence-corrected chi connectivity index (χ3v) is 7.37. The van der Waals surface area contributed by atoms with E-state index in [4.69, 9.17) is 9.47 Å². The van der Waals surface area contributed by atoms with Gasteiger partial charge in [-0.2, -0.15) is 0 Å². The van der Waals surface area contributed by atoms with E-state index in [1.165, 1.54) is 6.07 Å². The van der Waals surface area contributed by atoms with Crippen LogP contribution in [0.25, 0.3) is 39.1 Å². The van der Waals surface area contributed by atoms with Crippen LogP contribution in [0, 0.1) is 10.1 Å². The maximum atomic E-state index is 11.4. The van der Waals surface area contributed by atoms with E-state index in [0.29, 0.717) is 5.56 Å². The molecule has 0 saturated heterocycles. The lowest BCUT2D eigenvalue weighted by molar-refractivity contribution is -0.384. The van der Waals surface area contributed by atoms with Gasteiger partial charge in [0.2, 0.25) is 5.82 Å². The average molecular weight is 623 g/mol. The predicted molar refractivity (Wildman–Crippen MR) is 183 cm³/mol. The number of methoxy groups -OCH3 is 2. The van der Waals surface area contributed by atoms with Gasteiger partial charge in [-0.15, -0.1) is 0 Å². The fraction of sp³-hybridized carbons (Fsp3) is 0.0541. The minimum atomic E-state index is -0.439. The summed E-state index contributed by atoms with van der Waals surface area (Å²) in [6, 6.07) is 38.1. The monoisotopic (exact) mass is 622 g/mol. The van der Waals surface area contributed by atoms with Crippen molar-refractivity contribution in [3.63, 3.8) is 0 Å². The number of anilines is 2. The van der Waals surface area contributed by atoms with E-state index in [-0.39, 0.29) is 11.5 Å². The number of aromatic nitrogens is 4. The number of para-hydroxylation sites is 2. The van der Waals surface area contributed by atoms with Crippen LogP contribution in [0.2, 0.25) is 0 Å². The Balaban J connectivity index is 0.000000164. The molecular weight excluding hydrogens is 592 g/mol. The number of imidazole rings is 1. The minimum Gasteiger partial charge on any atom is -0.497 e. The fourth-order valence-electron chi connectivity index (χ4n) is 4.91. The lowest BCUT2D eigenvalue weighted by Crippen LogP contribution is -2.00. The molecule has 0 aliphatic heterocycles.